The number of anilines is 1. The Labute approximate surface area is 161 Å². The fourth-order valence-electron chi connectivity index (χ4n) is 2.86. The van der Waals surface area contributed by atoms with Crippen LogP contribution in [0, 0.1) is 0 Å². The molecule has 0 N–H and O–H groups in total. The van der Waals surface area contributed by atoms with Crippen LogP contribution in [-0.2, 0) is 16.6 Å². The van der Waals surface area contributed by atoms with Crippen LogP contribution in [0.3, 0.4) is 0 Å². The highest BCUT2D eigenvalue weighted by Crippen LogP contribution is 2.20. The first-order valence-electron chi connectivity index (χ1n) is 8.56. The number of aryl methyl sites for hydroxylation is 1. The monoisotopic (exact) mass is 389 g/mol. The van der Waals surface area contributed by atoms with Gasteiger partial charge in [-0.1, -0.05) is 17.7 Å². The molecule has 1 saturated heterocycles. The maximum Gasteiger partial charge on any atom is 0.338 e. The Balaban J connectivity index is 1.50. The van der Waals surface area contributed by atoms with Gasteiger partial charge in [-0.15, -0.1) is 0 Å². The van der Waals surface area contributed by atoms with Gasteiger partial charge in [-0.05, 0) is 24.3 Å². The first-order valence-corrected chi connectivity index (χ1v) is 8.94. The van der Waals surface area contributed by atoms with Gasteiger partial charge in [0.25, 0.3) is 11.5 Å². The topological polar surface area (TPSA) is 71.8 Å². The maximum atomic E-state index is 12.3. The van der Waals surface area contributed by atoms with Gasteiger partial charge in [0, 0.05) is 56.2 Å². The Morgan fingerprint density at radius 1 is 1.11 bits per heavy atom. The Morgan fingerprint density at radius 2 is 1.85 bits per heavy atom. The molecule has 1 fully saturated rings. The average molecular weight is 390 g/mol. The van der Waals surface area contributed by atoms with Crippen LogP contribution >= 0.6 is 11.6 Å². The summed E-state index contributed by atoms with van der Waals surface area (Å²) in [6, 6.07) is 10.3. The Hall–Kier alpha value is -2.80. The number of ether oxygens (including phenoxy) is 1. The summed E-state index contributed by atoms with van der Waals surface area (Å²) in [6.07, 6.45) is 1.48. The lowest BCUT2D eigenvalue weighted by Crippen LogP contribution is -2.49. The minimum Gasteiger partial charge on any atom is -0.452 e. The highest BCUT2D eigenvalue weighted by atomic mass is 35.5. The number of hydrogen-bond acceptors (Lipinski definition) is 5. The van der Waals surface area contributed by atoms with E-state index in [9.17, 15) is 14.4 Å². The quantitative estimate of drug-likeness (QED) is 0.742. The molecule has 0 radical (unpaired) electrons. The molecule has 0 saturated carbocycles. The minimum absolute atomic E-state index is 0.136. The van der Waals surface area contributed by atoms with Crippen molar-refractivity contribution >= 4 is 29.2 Å². The Kier molecular flexibility index (Phi) is 5.81. The fourth-order valence-corrected chi connectivity index (χ4v) is 3.05. The van der Waals surface area contributed by atoms with Crippen LogP contribution in [0.4, 0.5) is 5.69 Å². The van der Waals surface area contributed by atoms with E-state index in [1.165, 1.54) is 22.9 Å². The summed E-state index contributed by atoms with van der Waals surface area (Å²) in [6.45, 7) is 2.08. The third-order valence-electron chi connectivity index (χ3n) is 4.47. The van der Waals surface area contributed by atoms with Crippen molar-refractivity contribution in [1.82, 2.24) is 9.47 Å². The van der Waals surface area contributed by atoms with E-state index in [0.29, 0.717) is 31.2 Å². The molecule has 142 valence electrons. The van der Waals surface area contributed by atoms with Gasteiger partial charge in [-0.25, -0.2) is 4.79 Å². The van der Waals surface area contributed by atoms with Gasteiger partial charge < -0.3 is 19.1 Å². The predicted octanol–water partition coefficient (Wildman–Crippen LogP) is 1.54. The second kappa shape index (κ2) is 8.26. The van der Waals surface area contributed by atoms with Crippen molar-refractivity contribution < 1.29 is 14.3 Å². The lowest BCUT2D eigenvalue weighted by Gasteiger charge is -2.36. The smallest absolute Gasteiger partial charge is 0.338 e. The number of benzene rings is 1. The highest BCUT2D eigenvalue weighted by Gasteiger charge is 2.22. The largest absolute Gasteiger partial charge is 0.452 e. The van der Waals surface area contributed by atoms with Crippen LogP contribution in [0.15, 0.2) is 47.4 Å². The lowest BCUT2D eigenvalue weighted by molar-refractivity contribution is -0.134. The van der Waals surface area contributed by atoms with Gasteiger partial charge in [-0.2, -0.15) is 0 Å². The second-order valence-corrected chi connectivity index (χ2v) is 6.72. The molecule has 0 spiro atoms. The molecule has 1 aromatic carbocycles. The van der Waals surface area contributed by atoms with Crippen LogP contribution in [0.1, 0.15) is 10.4 Å². The Morgan fingerprint density at radius 3 is 2.52 bits per heavy atom. The van der Waals surface area contributed by atoms with Gasteiger partial charge in [0.1, 0.15) is 0 Å². The number of aromatic nitrogens is 1. The summed E-state index contributed by atoms with van der Waals surface area (Å²) in [5.74, 6) is -0.934. The van der Waals surface area contributed by atoms with Gasteiger partial charge in [0.05, 0.1) is 5.56 Å². The van der Waals surface area contributed by atoms with Crippen LogP contribution in [-0.4, -0.2) is 54.1 Å². The van der Waals surface area contributed by atoms with Crippen molar-refractivity contribution in [1.29, 1.82) is 0 Å². The number of carbonyl (C=O) groups excluding carboxylic acids is 2. The fraction of sp³-hybridized carbons (Fsp3) is 0.316. The molecule has 0 atom stereocenters. The van der Waals surface area contributed by atoms with Crippen LogP contribution in [0.25, 0.3) is 0 Å². The number of piperazine rings is 1. The number of nitrogens with zero attached hydrogens (tertiary/aromatic N) is 3. The molecule has 2 heterocycles. The summed E-state index contributed by atoms with van der Waals surface area (Å²) in [5.41, 5.74) is 0.844. The van der Waals surface area contributed by atoms with E-state index in [0.717, 1.165) is 5.69 Å². The summed E-state index contributed by atoms with van der Waals surface area (Å²) < 4.78 is 6.40. The minimum atomic E-state index is -0.682. The molecule has 2 aromatic rings. The van der Waals surface area contributed by atoms with Crippen molar-refractivity contribution in [2.24, 2.45) is 7.05 Å². The molecule has 3 rings (SSSR count). The van der Waals surface area contributed by atoms with E-state index in [4.69, 9.17) is 16.3 Å². The van der Waals surface area contributed by atoms with E-state index < -0.39 is 5.97 Å². The van der Waals surface area contributed by atoms with Gasteiger partial charge in [0.15, 0.2) is 6.61 Å². The molecule has 1 amide bonds. The molecular weight excluding hydrogens is 370 g/mol. The van der Waals surface area contributed by atoms with E-state index in [2.05, 4.69) is 4.90 Å². The first kappa shape index (κ1) is 19.0. The van der Waals surface area contributed by atoms with Gasteiger partial charge >= 0.3 is 5.97 Å². The van der Waals surface area contributed by atoms with Crippen LogP contribution in [0.2, 0.25) is 5.02 Å². The number of pyridine rings is 1. The standard InChI is InChI=1S/C19H20ClN3O4/c1-21-6-5-14(11-17(21)24)19(26)27-13-18(25)23-9-7-22(8-10-23)16-4-2-3-15(20)12-16/h2-6,11-12H,7-10,13H2,1H3. The normalized spacial score (nSPS) is 14.1. The second-order valence-electron chi connectivity index (χ2n) is 6.29. The summed E-state index contributed by atoms with van der Waals surface area (Å²) in [5, 5.41) is 0.675. The number of esters is 1. The third kappa shape index (κ3) is 4.68. The van der Waals surface area contributed by atoms with Crippen molar-refractivity contribution in [3.8, 4) is 0 Å². The SMILES string of the molecule is Cn1ccc(C(=O)OCC(=O)N2CCN(c3cccc(Cl)c3)CC2)cc1=O. The zero-order valence-electron chi connectivity index (χ0n) is 14.9. The molecule has 1 aliphatic heterocycles. The van der Waals surface area contributed by atoms with E-state index in [1.54, 1.807) is 11.9 Å². The van der Waals surface area contributed by atoms with Crippen molar-refractivity contribution in [2.75, 3.05) is 37.7 Å². The molecule has 8 heteroatoms. The molecule has 7 nitrogen and oxygen atoms in total. The number of carbonyl (C=O) groups is 2. The third-order valence-corrected chi connectivity index (χ3v) is 4.71. The average Bonchev–Trinajstić information content (AvgIpc) is 2.68. The number of hydrogen-bond donors (Lipinski definition) is 0. The van der Waals surface area contributed by atoms with Gasteiger partial charge in [-0.3, -0.25) is 9.59 Å². The van der Waals surface area contributed by atoms with E-state index in [1.807, 2.05) is 24.3 Å². The zero-order chi connectivity index (χ0) is 19.4. The molecule has 0 aliphatic carbocycles. The summed E-state index contributed by atoms with van der Waals surface area (Å²) in [4.78, 5) is 39.7. The van der Waals surface area contributed by atoms with Crippen LogP contribution in [0.5, 0.6) is 0 Å². The van der Waals surface area contributed by atoms with Gasteiger partial charge in [0.2, 0.25) is 0 Å². The summed E-state index contributed by atoms with van der Waals surface area (Å²) in [7, 11) is 1.59. The molecule has 1 aromatic heterocycles. The molecule has 27 heavy (non-hydrogen) atoms. The van der Waals surface area contributed by atoms with E-state index in [-0.39, 0.29) is 23.6 Å². The molecule has 0 bridgehead atoms. The number of halogens is 1. The predicted molar refractivity (Wildman–Crippen MR) is 102 cm³/mol. The Bertz CT molecular complexity index is 904. The molecule has 1 aliphatic rings. The molecular formula is C19H20ClN3O4. The maximum absolute atomic E-state index is 12.3. The summed E-state index contributed by atoms with van der Waals surface area (Å²) >= 11 is 6.02. The van der Waals surface area contributed by atoms with E-state index >= 15 is 0 Å². The highest BCUT2D eigenvalue weighted by molar-refractivity contribution is 6.30. The molecule has 0 unspecified atom stereocenters. The van der Waals surface area contributed by atoms with Crippen molar-refractivity contribution in [3.63, 3.8) is 0 Å². The van der Waals surface area contributed by atoms with Crippen molar-refractivity contribution in [2.45, 2.75) is 0 Å². The first-order chi connectivity index (χ1) is 12.9. The number of amides is 1. The lowest BCUT2D eigenvalue weighted by atomic mass is 10.2. The van der Waals surface area contributed by atoms with Crippen molar-refractivity contribution in [3.05, 3.63) is 63.5 Å². The zero-order valence-corrected chi connectivity index (χ0v) is 15.7. The van der Waals surface area contributed by atoms with Crippen LogP contribution < -0.4 is 10.5 Å². The number of rotatable bonds is 4.